The maximum absolute atomic E-state index is 13.1. The Morgan fingerprint density at radius 3 is 2.40 bits per heavy atom. The van der Waals surface area contributed by atoms with Gasteiger partial charge in [0.05, 0.1) is 25.3 Å². The standard InChI is InChI=1S/C24H23N3O3/c28-23-16-21(25-18-8-10-19(11-9-18)26-12-14-30-15-13-26)24(29)27(23)22-7-3-5-17-4-1-2-6-20(17)22/h1-11,21,25H,12-16H2/t21-/m0/s1. The van der Waals surface area contributed by atoms with E-state index >= 15 is 0 Å². The minimum absolute atomic E-state index is 0.146. The molecule has 6 heteroatoms. The Kier molecular flexibility index (Phi) is 4.85. The number of nitrogens with one attached hydrogen (secondary N) is 1. The molecule has 2 heterocycles. The largest absolute Gasteiger partial charge is 0.378 e. The van der Waals surface area contributed by atoms with Crippen LogP contribution in [0.2, 0.25) is 0 Å². The predicted octanol–water partition coefficient (Wildman–Crippen LogP) is 3.42. The number of anilines is 3. The summed E-state index contributed by atoms with van der Waals surface area (Å²) in [5.41, 5.74) is 2.61. The molecule has 0 spiro atoms. The van der Waals surface area contributed by atoms with Crippen LogP contribution in [0, 0.1) is 0 Å². The van der Waals surface area contributed by atoms with Gasteiger partial charge in [0.2, 0.25) is 5.91 Å². The van der Waals surface area contributed by atoms with Gasteiger partial charge in [-0.25, -0.2) is 4.90 Å². The lowest BCUT2D eigenvalue weighted by Gasteiger charge is -2.29. The van der Waals surface area contributed by atoms with Gasteiger partial charge in [-0.1, -0.05) is 36.4 Å². The van der Waals surface area contributed by atoms with E-state index in [9.17, 15) is 9.59 Å². The van der Waals surface area contributed by atoms with E-state index in [2.05, 4.69) is 10.2 Å². The molecule has 30 heavy (non-hydrogen) atoms. The van der Waals surface area contributed by atoms with Gasteiger partial charge in [0, 0.05) is 29.9 Å². The molecule has 2 fully saturated rings. The first-order chi connectivity index (χ1) is 14.7. The summed E-state index contributed by atoms with van der Waals surface area (Å²) in [6.07, 6.45) is 0.146. The third-order valence-electron chi connectivity index (χ3n) is 5.74. The third kappa shape index (κ3) is 3.39. The number of amides is 2. The van der Waals surface area contributed by atoms with Crippen LogP contribution in [0.15, 0.2) is 66.7 Å². The molecule has 0 aromatic heterocycles. The number of fused-ring (bicyclic) bond motifs is 1. The van der Waals surface area contributed by atoms with Gasteiger partial charge in [-0.15, -0.1) is 0 Å². The molecule has 0 radical (unpaired) electrons. The molecule has 0 bridgehead atoms. The fourth-order valence-corrected chi connectivity index (χ4v) is 4.19. The topological polar surface area (TPSA) is 61.9 Å². The van der Waals surface area contributed by atoms with Gasteiger partial charge in [-0.05, 0) is 35.7 Å². The number of morpholine rings is 1. The summed E-state index contributed by atoms with van der Waals surface area (Å²) in [4.78, 5) is 29.4. The number of nitrogens with zero attached hydrogens (tertiary/aromatic N) is 2. The van der Waals surface area contributed by atoms with Gasteiger partial charge in [0.25, 0.3) is 5.91 Å². The maximum Gasteiger partial charge on any atom is 0.256 e. The van der Waals surface area contributed by atoms with Gasteiger partial charge in [0.1, 0.15) is 6.04 Å². The maximum atomic E-state index is 13.1. The number of carbonyl (C=O) groups is 2. The molecule has 0 aliphatic carbocycles. The Morgan fingerprint density at radius 2 is 1.60 bits per heavy atom. The molecule has 1 N–H and O–H groups in total. The zero-order valence-corrected chi connectivity index (χ0v) is 16.6. The Labute approximate surface area is 175 Å². The zero-order chi connectivity index (χ0) is 20.5. The molecule has 2 aliphatic heterocycles. The van der Waals surface area contributed by atoms with Crippen LogP contribution in [0.3, 0.4) is 0 Å². The van der Waals surface area contributed by atoms with Crippen molar-refractivity contribution < 1.29 is 14.3 Å². The van der Waals surface area contributed by atoms with E-state index in [1.54, 1.807) is 0 Å². The van der Waals surface area contributed by atoms with Crippen molar-refractivity contribution in [2.24, 2.45) is 0 Å². The number of carbonyl (C=O) groups excluding carboxylic acids is 2. The van der Waals surface area contributed by atoms with Crippen LogP contribution < -0.4 is 15.1 Å². The van der Waals surface area contributed by atoms with E-state index in [0.29, 0.717) is 5.69 Å². The molecule has 0 saturated carbocycles. The Morgan fingerprint density at radius 1 is 0.867 bits per heavy atom. The molecule has 2 amide bonds. The Hall–Kier alpha value is -3.38. The minimum Gasteiger partial charge on any atom is -0.378 e. The Bertz CT molecular complexity index is 1090. The van der Waals surface area contributed by atoms with E-state index in [4.69, 9.17) is 4.74 Å². The first kappa shape index (κ1) is 18.6. The normalized spacial score (nSPS) is 19.5. The number of ether oxygens (including phenoxy) is 1. The van der Waals surface area contributed by atoms with Crippen molar-refractivity contribution in [1.82, 2.24) is 0 Å². The second kappa shape index (κ2) is 7.80. The number of hydrogen-bond acceptors (Lipinski definition) is 5. The molecule has 2 saturated heterocycles. The van der Waals surface area contributed by atoms with Gasteiger partial charge in [-0.2, -0.15) is 0 Å². The minimum atomic E-state index is -0.564. The molecule has 3 aromatic rings. The summed E-state index contributed by atoms with van der Waals surface area (Å²) in [5.74, 6) is -0.396. The summed E-state index contributed by atoms with van der Waals surface area (Å²) in [6, 6.07) is 20.9. The van der Waals surface area contributed by atoms with E-state index in [1.807, 2.05) is 66.7 Å². The van der Waals surface area contributed by atoms with Crippen molar-refractivity contribution >= 4 is 39.6 Å². The van der Waals surface area contributed by atoms with Crippen LogP contribution in [-0.4, -0.2) is 44.2 Å². The molecule has 0 unspecified atom stereocenters. The number of rotatable bonds is 4. The first-order valence-electron chi connectivity index (χ1n) is 10.2. The summed E-state index contributed by atoms with van der Waals surface area (Å²) < 4.78 is 5.40. The molecule has 152 valence electrons. The average molecular weight is 401 g/mol. The summed E-state index contributed by atoms with van der Waals surface area (Å²) in [5, 5.41) is 5.15. The number of hydrogen-bond donors (Lipinski definition) is 1. The lowest BCUT2D eigenvalue weighted by molar-refractivity contribution is -0.121. The average Bonchev–Trinajstić information content (AvgIpc) is 3.07. The van der Waals surface area contributed by atoms with Crippen molar-refractivity contribution in [2.45, 2.75) is 12.5 Å². The highest BCUT2D eigenvalue weighted by Crippen LogP contribution is 2.31. The van der Waals surface area contributed by atoms with Crippen LogP contribution in [0.25, 0.3) is 10.8 Å². The van der Waals surface area contributed by atoms with Crippen molar-refractivity contribution in [3.63, 3.8) is 0 Å². The molecule has 6 nitrogen and oxygen atoms in total. The number of imide groups is 1. The lowest BCUT2D eigenvalue weighted by atomic mass is 10.1. The molecular formula is C24H23N3O3. The highest BCUT2D eigenvalue weighted by atomic mass is 16.5. The van der Waals surface area contributed by atoms with Gasteiger partial charge in [0.15, 0.2) is 0 Å². The van der Waals surface area contributed by atoms with E-state index in [1.165, 1.54) is 4.90 Å². The Balaban J connectivity index is 1.34. The SMILES string of the molecule is O=C1C[C@H](Nc2ccc(N3CCOCC3)cc2)C(=O)N1c1cccc2ccccc12. The molecule has 1 atom stereocenters. The fraction of sp³-hybridized carbons (Fsp3) is 0.250. The van der Waals surface area contributed by atoms with Gasteiger partial charge in [-0.3, -0.25) is 9.59 Å². The highest BCUT2D eigenvalue weighted by molar-refractivity contribution is 6.25. The quantitative estimate of drug-likeness (QED) is 0.679. The summed E-state index contributed by atoms with van der Waals surface area (Å²) in [7, 11) is 0. The lowest BCUT2D eigenvalue weighted by Crippen LogP contribution is -2.36. The van der Waals surface area contributed by atoms with E-state index in [-0.39, 0.29) is 18.2 Å². The van der Waals surface area contributed by atoms with Crippen molar-refractivity contribution in [3.05, 3.63) is 66.7 Å². The van der Waals surface area contributed by atoms with Crippen LogP contribution in [-0.2, 0) is 14.3 Å². The molecule has 5 rings (SSSR count). The third-order valence-corrected chi connectivity index (χ3v) is 5.74. The van der Waals surface area contributed by atoms with E-state index < -0.39 is 6.04 Å². The second-order valence-corrected chi connectivity index (χ2v) is 7.61. The van der Waals surface area contributed by atoms with Crippen LogP contribution in [0.5, 0.6) is 0 Å². The fourth-order valence-electron chi connectivity index (χ4n) is 4.19. The predicted molar refractivity (Wildman–Crippen MR) is 118 cm³/mol. The second-order valence-electron chi connectivity index (χ2n) is 7.61. The van der Waals surface area contributed by atoms with Gasteiger partial charge >= 0.3 is 0 Å². The molecular weight excluding hydrogens is 378 g/mol. The number of benzene rings is 3. The van der Waals surface area contributed by atoms with Crippen LogP contribution in [0.1, 0.15) is 6.42 Å². The smallest absolute Gasteiger partial charge is 0.256 e. The summed E-state index contributed by atoms with van der Waals surface area (Å²) >= 11 is 0. The van der Waals surface area contributed by atoms with Crippen molar-refractivity contribution in [2.75, 3.05) is 41.4 Å². The highest BCUT2D eigenvalue weighted by Gasteiger charge is 2.40. The zero-order valence-electron chi connectivity index (χ0n) is 16.6. The van der Waals surface area contributed by atoms with Gasteiger partial charge < -0.3 is 15.0 Å². The molecule has 2 aliphatic rings. The van der Waals surface area contributed by atoms with E-state index in [0.717, 1.165) is 48.5 Å². The molecule has 3 aromatic carbocycles. The van der Waals surface area contributed by atoms with Crippen LogP contribution in [0.4, 0.5) is 17.1 Å². The summed E-state index contributed by atoms with van der Waals surface area (Å²) in [6.45, 7) is 3.23. The first-order valence-corrected chi connectivity index (χ1v) is 10.2. The van der Waals surface area contributed by atoms with Crippen molar-refractivity contribution in [3.8, 4) is 0 Å². The van der Waals surface area contributed by atoms with Crippen LogP contribution >= 0.6 is 0 Å². The van der Waals surface area contributed by atoms with Crippen molar-refractivity contribution in [1.29, 1.82) is 0 Å². The monoisotopic (exact) mass is 401 g/mol.